The summed E-state index contributed by atoms with van der Waals surface area (Å²) in [5, 5.41) is 0. The number of esters is 1. The van der Waals surface area contributed by atoms with E-state index in [2.05, 4.69) is 4.98 Å². The first-order valence-corrected chi connectivity index (χ1v) is 9.21. The van der Waals surface area contributed by atoms with Crippen LogP contribution in [0.3, 0.4) is 0 Å². The monoisotopic (exact) mass is 364 g/mol. The minimum absolute atomic E-state index is 0.123. The molecule has 1 aliphatic carbocycles. The molecule has 1 amide bonds. The topological polar surface area (TPSA) is 68.7 Å². The number of hydrogen-bond acceptors (Lipinski definition) is 5. The van der Waals surface area contributed by atoms with Crippen molar-refractivity contribution >= 4 is 11.9 Å². The van der Waals surface area contributed by atoms with Crippen LogP contribution in [0.5, 0.6) is 5.75 Å². The van der Waals surface area contributed by atoms with E-state index in [0.29, 0.717) is 25.2 Å². The predicted molar refractivity (Wildman–Crippen MR) is 96.4 cm³/mol. The minimum atomic E-state index is -0.744. The summed E-state index contributed by atoms with van der Waals surface area (Å²) in [7, 11) is 1.63. The zero-order chi connectivity index (χ0) is 18.6. The number of methoxy groups -OCH3 is 1. The van der Waals surface area contributed by atoms with E-state index < -0.39 is 17.0 Å². The van der Waals surface area contributed by atoms with Crippen LogP contribution >= 0.6 is 0 Å². The van der Waals surface area contributed by atoms with E-state index in [0.717, 1.165) is 29.7 Å². The second-order valence-electron chi connectivity index (χ2n) is 7.57. The number of likely N-dealkylation sites (tertiary alicyclic amines) is 1. The smallest absolute Gasteiger partial charge is 0.358 e. The lowest BCUT2D eigenvalue weighted by molar-refractivity contribution is -0.134. The summed E-state index contributed by atoms with van der Waals surface area (Å²) < 4.78 is 10.9. The second kappa shape index (κ2) is 5.55. The summed E-state index contributed by atoms with van der Waals surface area (Å²) >= 11 is 0. The van der Waals surface area contributed by atoms with Crippen molar-refractivity contribution in [2.45, 2.75) is 30.3 Å². The largest absolute Gasteiger partial charge is 0.497 e. The van der Waals surface area contributed by atoms with Crippen molar-refractivity contribution in [2.24, 2.45) is 0 Å². The Morgan fingerprint density at radius 2 is 1.96 bits per heavy atom. The molecule has 0 bridgehead atoms. The van der Waals surface area contributed by atoms with Gasteiger partial charge in [-0.1, -0.05) is 18.2 Å². The van der Waals surface area contributed by atoms with Crippen LogP contribution in [0.2, 0.25) is 0 Å². The lowest BCUT2D eigenvalue weighted by Gasteiger charge is -2.26. The molecule has 1 saturated heterocycles. The van der Waals surface area contributed by atoms with Crippen LogP contribution in [0, 0.1) is 0 Å². The number of pyridine rings is 1. The van der Waals surface area contributed by atoms with Gasteiger partial charge in [0.15, 0.2) is 11.3 Å². The van der Waals surface area contributed by atoms with Crippen LogP contribution in [0.4, 0.5) is 0 Å². The molecule has 1 spiro atoms. The third-order valence-corrected chi connectivity index (χ3v) is 6.10. The summed E-state index contributed by atoms with van der Waals surface area (Å²) in [6.07, 6.45) is 3.90. The molecule has 3 heterocycles. The Kier molecular flexibility index (Phi) is 3.35. The Morgan fingerprint density at radius 1 is 1.19 bits per heavy atom. The van der Waals surface area contributed by atoms with Gasteiger partial charge in [-0.05, 0) is 36.6 Å². The SMILES string of the molecule is COc1ccc(C2(C(=O)N3CCC4(C3)OC(=O)c3ncccc34)CC2)cc1. The van der Waals surface area contributed by atoms with E-state index in [1.165, 1.54) is 0 Å². The molecule has 6 nitrogen and oxygen atoms in total. The fourth-order valence-electron chi connectivity index (χ4n) is 4.44. The van der Waals surface area contributed by atoms with E-state index >= 15 is 0 Å². The van der Waals surface area contributed by atoms with Crippen LogP contribution in [0.25, 0.3) is 0 Å². The van der Waals surface area contributed by atoms with E-state index in [1.807, 2.05) is 41.3 Å². The number of aromatic nitrogens is 1. The van der Waals surface area contributed by atoms with Gasteiger partial charge in [0, 0.05) is 24.7 Å². The highest BCUT2D eigenvalue weighted by atomic mass is 16.6. The second-order valence-corrected chi connectivity index (χ2v) is 7.57. The highest BCUT2D eigenvalue weighted by molar-refractivity contribution is 5.94. The van der Waals surface area contributed by atoms with Gasteiger partial charge in [-0.2, -0.15) is 0 Å². The lowest BCUT2D eigenvalue weighted by Crippen LogP contribution is -2.40. The normalized spacial score (nSPS) is 24.6. The van der Waals surface area contributed by atoms with Gasteiger partial charge >= 0.3 is 5.97 Å². The molecule has 2 fully saturated rings. The van der Waals surface area contributed by atoms with E-state index in [4.69, 9.17) is 9.47 Å². The molecule has 27 heavy (non-hydrogen) atoms. The Morgan fingerprint density at radius 3 is 2.67 bits per heavy atom. The molecular formula is C21H20N2O4. The zero-order valence-corrected chi connectivity index (χ0v) is 15.1. The fraction of sp³-hybridized carbons (Fsp3) is 0.381. The first-order valence-electron chi connectivity index (χ1n) is 9.21. The summed E-state index contributed by atoms with van der Waals surface area (Å²) in [5.41, 5.74) is 1.02. The van der Waals surface area contributed by atoms with Gasteiger partial charge in [-0.3, -0.25) is 4.79 Å². The Hall–Kier alpha value is -2.89. The molecule has 6 heteroatoms. The molecule has 1 aromatic carbocycles. The Labute approximate surface area is 157 Å². The van der Waals surface area contributed by atoms with E-state index in [-0.39, 0.29) is 5.91 Å². The number of carbonyl (C=O) groups is 2. The molecule has 1 atom stereocenters. The molecule has 1 aromatic heterocycles. The van der Waals surface area contributed by atoms with Gasteiger partial charge in [0.05, 0.1) is 19.1 Å². The summed E-state index contributed by atoms with van der Waals surface area (Å²) in [6, 6.07) is 11.4. The average molecular weight is 364 g/mol. The molecule has 1 saturated carbocycles. The van der Waals surface area contributed by atoms with Crippen molar-refractivity contribution in [2.75, 3.05) is 20.2 Å². The van der Waals surface area contributed by atoms with Gasteiger partial charge in [-0.15, -0.1) is 0 Å². The van der Waals surface area contributed by atoms with Crippen molar-refractivity contribution in [1.29, 1.82) is 0 Å². The number of benzene rings is 1. The first kappa shape index (κ1) is 16.3. The number of rotatable bonds is 3. The number of hydrogen-bond donors (Lipinski definition) is 0. The standard InChI is InChI=1S/C21H20N2O4/c1-26-15-6-4-14(5-7-15)20(8-9-20)19(25)23-12-10-21(13-23)16-3-2-11-22-17(16)18(24)27-21/h2-7,11H,8-10,12-13H2,1H3. The third-order valence-electron chi connectivity index (χ3n) is 6.10. The number of carbonyl (C=O) groups excluding carboxylic acids is 2. The van der Waals surface area contributed by atoms with Gasteiger partial charge < -0.3 is 14.4 Å². The van der Waals surface area contributed by atoms with Crippen molar-refractivity contribution in [3.63, 3.8) is 0 Å². The van der Waals surface area contributed by atoms with Crippen LogP contribution in [-0.2, 0) is 20.5 Å². The number of ether oxygens (including phenoxy) is 2. The van der Waals surface area contributed by atoms with E-state index in [9.17, 15) is 9.59 Å². The van der Waals surface area contributed by atoms with Gasteiger partial charge in [0.2, 0.25) is 5.91 Å². The highest BCUT2D eigenvalue weighted by Crippen LogP contribution is 2.52. The lowest BCUT2D eigenvalue weighted by atomic mass is 9.93. The van der Waals surface area contributed by atoms with Crippen molar-refractivity contribution in [3.05, 3.63) is 59.4 Å². The minimum Gasteiger partial charge on any atom is -0.497 e. The van der Waals surface area contributed by atoms with Crippen LogP contribution in [-0.4, -0.2) is 42.0 Å². The fourth-order valence-corrected chi connectivity index (χ4v) is 4.44. The number of nitrogens with zero attached hydrogens (tertiary/aromatic N) is 2. The number of fused-ring (bicyclic) bond motifs is 2. The van der Waals surface area contributed by atoms with Crippen molar-refractivity contribution in [3.8, 4) is 5.75 Å². The number of amides is 1. The molecular weight excluding hydrogens is 344 g/mol. The molecule has 3 aliphatic rings. The molecule has 2 aliphatic heterocycles. The summed E-state index contributed by atoms with van der Waals surface area (Å²) in [4.78, 5) is 31.6. The molecule has 0 N–H and O–H groups in total. The molecule has 2 aromatic rings. The first-order chi connectivity index (χ1) is 13.1. The van der Waals surface area contributed by atoms with E-state index in [1.54, 1.807) is 13.3 Å². The Bertz CT molecular complexity index is 935. The predicted octanol–water partition coefficient (Wildman–Crippen LogP) is 2.42. The van der Waals surface area contributed by atoms with Crippen molar-refractivity contribution in [1.82, 2.24) is 9.88 Å². The summed E-state index contributed by atoms with van der Waals surface area (Å²) in [6.45, 7) is 0.979. The third kappa shape index (κ3) is 2.29. The summed E-state index contributed by atoms with van der Waals surface area (Å²) in [5.74, 6) is 0.512. The van der Waals surface area contributed by atoms with Gasteiger partial charge in [0.25, 0.3) is 0 Å². The molecule has 138 valence electrons. The zero-order valence-electron chi connectivity index (χ0n) is 15.1. The van der Waals surface area contributed by atoms with Crippen LogP contribution in [0.15, 0.2) is 42.6 Å². The maximum absolute atomic E-state index is 13.4. The molecule has 0 radical (unpaired) electrons. The molecule has 1 unspecified atom stereocenters. The van der Waals surface area contributed by atoms with Gasteiger partial charge in [0.1, 0.15) is 5.75 Å². The maximum atomic E-state index is 13.4. The van der Waals surface area contributed by atoms with Crippen molar-refractivity contribution < 1.29 is 19.1 Å². The quantitative estimate of drug-likeness (QED) is 0.783. The van der Waals surface area contributed by atoms with Gasteiger partial charge in [-0.25, -0.2) is 9.78 Å². The maximum Gasteiger partial charge on any atom is 0.358 e. The van der Waals surface area contributed by atoms with Crippen LogP contribution in [0.1, 0.15) is 40.9 Å². The average Bonchev–Trinajstić information content (AvgIpc) is 3.34. The highest BCUT2D eigenvalue weighted by Gasteiger charge is 2.58. The Balaban J connectivity index is 1.41. The van der Waals surface area contributed by atoms with Crippen LogP contribution < -0.4 is 4.74 Å². The molecule has 5 rings (SSSR count).